The highest BCUT2D eigenvalue weighted by Gasteiger charge is 2.19. The predicted octanol–water partition coefficient (Wildman–Crippen LogP) is -0.0854. The Morgan fingerprint density at radius 2 is 1.39 bits per heavy atom. The van der Waals surface area contributed by atoms with Crippen LogP contribution in [0.2, 0.25) is 0 Å². The minimum absolute atomic E-state index is 0.00716. The van der Waals surface area contributed by atoms with Crippen LogP contribution in [0.15, 0.2) is 24.3 Å². The molecule has 0 heterocycles. The minimum Gasteiger partial charge on any atom is -0.378 e. The van der Waals surface area contributed by atoms with Crippen LogP contribution in [0.4, 0.5) is 11.4 Å². The lowest BCUT2D eigenvalue weighted by atomic mass is 10.2. The highest BCUT2D eigenvalue weighted by atomic mass is 32.2. The lowest BCUT2D eigenvalue weighted by Gasteiger charge is -2.24. The van der Waals surface area contributed by atoms with Gasteiger partial charge in [0.15, 0.2) is 0 Å². The molecule has 1 rings (SSSR count). The van der Waals surface area contributed by atoms with E-state index >= 15 is 0 Å². The van der Waals surface area contributed by atoms with Crippen LogP contribution in [-0.2, 0) is 20.2 Å². The fraction of sp³-hybridized carbons (Fsp3) is 0.538. The molecule has 1 N–H and O–H groups in total. The van der Waals surface area contributed by atoms with Crippen molar-refractivity contribution in [3.05, 3.63) is 24.3 Å². The maximum atomic E-state index is 12.0. The Bertz CT molecular complexity index is 713. The first-order valence-electron chi connectivity index (χ1n) is 6.87. The van der Waals surface area contributed by atoms with Gasteiger partial charge in [-0.15, -0.1) is 0 Å². The topological polar surface area (TPSA) is 90.0 Å². The van der Waals surface area contributed by atoms with Crippen LogP contribution >= 0.6 is 0 Å². The Hall–Kier alpha value is -1.36. The monoisotopic (exact) mass is 364 g/mol. The molecular weight excluding hydrogens is 340 g/mol. The predicted molar refractivity (Wildman–Crippen MR) is 93.6 cm³/mol. The van der Waals surface area contributed by atoms with Crippen molar-refractivity contribution in [1.29, 1.82) is 0 Å². The molecule has 10 heteroatoms. The average Bonchev–Trinajstić information content (AvgIpc) is 2.42. The van der Waals surface area contributed by atoms with Gasteiger partial charge in [-0.3, -0.25) is 4.31 Å². The number of nitrogens with one attached hydrogen (secondary N) is 1. The fourth-order valence-corrected chi connectivity index (χ4v) is 3.34. The summed E-state index contributed by atoms with van der Waals surface area (Å²) in [4.78, 5) is 1.90. The SMILES string of the molecule is CN(C)c1ccc(N(CCNS(=O)(=O)N(C)C)S(C)(=O)=O)cc1. The lowest BCUT2D eigenvalue weighted by molar-refractivity contribution is 0.506. The van der Waals surface area contributed by atoms with Crippen molar-refractivity contribution >= 4 is 31.6 Å². The van der Waals surface area contributed by atoms with E-state index in [0.29, 0.717) is 5.69 Å². The van der Waals surface area contributed by atoms with E-state index in [1.54, 1.807) is 24.3 Å². The number of rotatable bonds is 8. The first kappa shape index (κ1) is 19.7. The highest BCUT2D eigenvalue weighted by molar-refractivity contribution is 7.92. The molecule has 132 valence electrons. The molecule has 0 unspecified atom stereocenters. The average molecular weight is 364 g/mol. The van der Waals surface area contributed by atoms with Crippen molar-refractivity contribution in [3.63, 3.8) is 0 Å². The van der Waals surface area contributed by atoms with E-state index < -0.39 is 20.2 Å². The summed E-state index contributed by atoms with van der Waals surface area (Å²) < 4.78 is 51.8. The van der Waals surface area contributed by atoms with E-state index in [4.69, 9.17) is 0 Å². The molecule has 0 saturated carbocycles. The molecule has 23 heavy (non-hydrogen) atoms. The minimum atomic E-state index is -3.58. The lowest BCUT2D eigenvalue weighted by Crippen LogP contribution is -2.42. The second-order valence-electron chi connectivity index (χ2n) is 5.43. The van der Waals surface area contributed by atoms with Crippen LogP contribution in [0.25, 0.3) is 0 Å². The van der Waals surface area contributed by atoms with Gasteiger partial charge >= 0.3 is 0 Å². The number of anilines is 2. The van der Waals surface area contributed by atoms with Gasteiger partial charge in [-0.25, -0.2) is 13.1 Å². The summed E-state index contributed by atoms with van der Waals surface area (Å²) in [6, 6.07) is 6.99. The standard InChI is InChI=1S/C13H24N4O4S2/c1-15(2)12-6-8-13(9-7-12)17(22(5,18)19)11-10-14-23(20,21)16(3)4/h6-9,14H,10-11H2,1-5H3. The van der Waals surface area contributed by atoms with Crippen LogP contribution in [0.1, 0.15) is 0 Å². The van der Waals surface area contributed by atoms with Gasteiger partial charge in [-0.2, -0.15) is 12.7 Å². The summed E-state index contributed by atoms with van der Waals surface area (Å²) >= 11 is 0. The third-order valence-electron chi connectivity index (χ3n) is 3.13. The first-order chi connectivity index (χ1) is 10.4. The Balaban J connectivity index is 2.91. The molecule has 0 spiro atoms. The molecular formula is C13H24N4O4S2. The van der Waals surface area contributed by atoms with Crippen molar-refractivity contribution < 1.29 is 16.8 Å². The Kier molecular flexibility index (Phi) is 6.40. The molecule has 0 radical (unpaired) electrons. The van der Waals surface area contributed by atoms with E-state index in [-0.39, 0.29) is 13.1 Å². The molecule has 0 saturated heterocycles. The summed E-state index contributed by atoms with van der Waals surface area (Å²) in [5.41, 5.74) is 1.43. The van der Waals surface area contributed by atoms with Crippen molar-refractivity contribution in [2.45, 2.75) is 0 Å². The van der Waals surface area contributed by atoms with Gasteiger partial charge in [-0.05, 0) is 24.3 Å². The third kappa shape index (κ3) is 5.65. The normalized spacial score (nSPS) is 12.4. The Labute approximate surface area is 138 Å². The van der Waals surface area contributed by atoms with Gasteiger partial charge in [0, 0.05) is 47.0 Å². The van der Waals surface area contributed by atoms with E-state index in [1.165, 1.54) is 18.4 Å². The number of sulfonamides is 1. The summed E-state index contributed by atoms with van der Waals surface area (Å²) in [5, 5.41) is 0. The molecule has 1 aromatic rings. The van der Waals surface area contributed by atoms with E-state index in [1.807, 2.05) is 19.0 Å². The number of hydrogen-bond donors (Lipinski definition) is 1. The van der Waals surface area contributed by atoms with Gasteiger partial charge in [0.05, 0.1) is 11.9 Å². The Morgan fingerprint density at radius 1 is 0.913 bits per heavy atom. The molecule has 0 amide bonds. The summed E-state index contributed by atoms with van der Waals surface area (Å²) in [5.74, 6) is 0. The Morgan fingerprint density at radius 3 is 1.78 bits per heavy atom. The maximum absolute atomic E-state index is 12.0. The zero-order valence-electron chi connectivity index (χ0n) is 14.0. The number of nitrogens with zero attached hydrogens (tertiary/aromatic N) is 3. The second kappa shape index (κ2) is 7.47. The van der Waals surface area contributed by atoms with Gasteiger partial charge in [0.1, 0.15) is 0 Å². The second-order valence-corrected chi connectivity index (χ2v) is 9.30. The quantitative estimate of drug-likeness (QED) is 0.697. The number of hydrogen-bond acceptors (Lipinski definition) is 5. The van der Waals surface area contributed by atoms with Gasteiger partial charge in [0.2, 0.25) is 10.0 Å². The van der Waals surface area contributed by atoms with Crippen LogP contribution in [0, 0.1) is 0 Å². The van der Waals surface area contributed by atoms with Crippen molar-refractivity contribution in [1.82, 2.24) is 9.03 Å². The largest absolute Gasteiger partial charge is 0.378 e. The molecule has 0 fully saturated rings. The van der Waals surface area contributed by atoms with Crippen molar-refractivity contribution in [3.8, 4) is 0 Å². The van der Waals surface area contributed by atoms with Gasteiger partial charge in [0.25, 0.3) is 10.2 Å². The molecule has 0 aliphatic carbocycles. The van der Waals surface area contributed by atoms with Crippen LogP contribution in [-0.4, -0.2) is 68.7 Å². The first-order valence-corrected chi connectivity index (χ1v) is 10.2. The van der Waals surface area contributed by atoms with Crippen molar-refractivity contribution in [2.24, 2.45) is 0 Å². The van der Waals surface area contributed by atoms with E-state index in [2.05, 4.69) is 4.72 Å². The third-order valence-corrected chi connectivity index (χ3v) is 5.86. The highest BCUT2D eigenvalue weighted by Crippen LogP contribution is 2.21. The molecule has 8 nitrogen and oxygen atoms in total. The maximum Gasteiger partial charge on any atom is 0.278 e. The van der Waals surface area contributed by atoms with Crippen LogP contribution < -0.4 is 13.9 Å². The zero-order chi connectivity index (χ0) is 17.8. The van der Waals surface area contributed by atoms with Gasteiger partial charge < -0.3 is 4.90 Å². The fourth-order valence-electron chi connectivity index (χ4n) is 1.81. The summed E-state index contributed by atoms with van der Waals surface area (Å²) in [6.45, 7) is -0.0176. The molecule has 1 aromatic carbocycles. The van der Waals surface area contributed by atoms with Crippen molar-refractivity contribution in [2.75, 3.05) is 56.7 Å². The summed E-state index contributed by atoms with van der Waals surface area (Å²) in [7, 11) is -0.527. The van der Waals surface area contributed by atoms with E-state index in [0.717, 1.165) is 16.2 Å². The smallest absolute Gasteiger partial charge is 0.278 e. The molecule has 0 bridgehead atoms. The number of benzene rings is 1. The molecule has 0 aliphatic rings. The zero-order valence-corrected chi connectivity index (χ0v) is 15.6. The molecule has 0 aliphatic heterocycles. The van der Waals surface area contributed by atoms with Crippen LogP contribution in [0.3, 0.4) is 0 Å². The van der Waals surface area contributed by atoms with E-state index in [9.17, 15) is 16.8 Å². The van der Waals surface area contributed by atoms with Gasteiger partial charge in [-0.1, -0.05) is 0 Å². The molecule has 0 atom stereocenters. The van der Waals surface area contributed by atoms with Crippen LogP contribution in [0.5, 0.6) is 0 Å². The summed E-state index contributed by atoms with van der Waals surface area (Å²) in [6.07, 6.45) is 1.09. The molecule has 0 aromatic heterocycles.